The number of hydrogen-bond donors (Lipinski definition) is 1. The monoisotopic (exact) mass is 598 g/mol. The maximum atomic E-state index is 13.8. The Balaban J connectivity index is 1.47. The van der Waals surface area contributed by atoms with Crippen LogP contribution in [0.5, 0.6) is 17.2 Å². The first kappa shape index (κ1) is 28.7. The van der Waals surface area contributed by atoms with Gasteiger partial charge in [0.2, 0.25) is 0 Å². The minimum atomic E-state index is -0.913. The van der Waals surface area contributed by atoms with Crippen LogP contribution in [0.4, 0.5) is 5.13 Å². The Morgan fingerprint density at radius 3 is 2.70 bits per heavy atom. The summed E-state index contributed by atoms with van der Waals surface area (Å²) in [6.07, 6.45) is 1.61. The van der Waals surface area contributed by atoms with Crippen LogP contribution in [0.1, 0.15) is 56.8 Å². The molecule has 2 atom stereocenters. The fraction of sp³-hybridized carbons (Fsp3) is 0.324. The van der Waals surface area contributed by atoms with E-state index in [1.54, 1.807) is 12.1 Å². The zero-order chi connectivity index (χ0) is 30.2. The number of Topliss-reactive ketones (excluding diaryl/α,β-unsaturated/α-hetero) is 1. The molecular formula is C34H34N2O6S. The van der Waals surface area contributed by atoms with E-state index in [1.807, 2.05) is 62.4 Å². The molecule has 0 aliphatic carbocycles. The first-order valence-corrected chi connectivity index (χ1v) is 15.4. The maximum Gasteiger partial charge on any atom is 0.301 e. The summed E-state index contributed by atoms with van der Waals surface area (Å²) in [7, 11) is 0. The second-order valence-corrected chi connectivity index (χ2v) is 12.3. The molecule has 0 bridgehead atoms. The van der Waals surface area contributed by atoms with Crippen molar-refractivity contribution >= 4 is 44.1 Å². The molecule has 2 unspecified atom stereocenters. The number of thiazole rings is 1. The lowest BCUT2D eigenvalue weighted by atomic mass is 9.94. The summed E-state index contributed by atoms with van der Waals surface area (Å²) < 4.78 is 18.3. The van der Waals surface area contributed by atoms with Crippen molar-refractivity contribution in [2.24, 2.45) is 5.92 Å². The van der Waals surface area contributed by atoms with Gasteiger partial charge in [-0.3, -0.25) is 14.5 Å². The number of nitrogens with zero attached hydrogens (tertiary/aromatic N) is 2. The van der Waals surface area contributed by atoms with E-state index in [0.29, 0.717) is 58.8 Å². The Morgan fingerprint density at radius 2 is 1.91 bits per heavy atom. The van der Waals surface area contributed by atoms with Crippen molar-refractivity contribution < 1.29 is 28.9 Å². The lowest BCUT2D eigenvalue weighted by Crippen LogP contribution is -2.29. The van der Waals surface area contributed by atoms with Gasteiger partial charge in [0.25, 0.3) is 5.78 Å². The van der Waals surface area contributed by atoms with E-state index < -0.39 is 17.7 Å². The van der Waals surface area contributed by atoms with Crippen LogP contribution in [0.2, 0.25) is 0 Å². The van der Waals surface area contributed by atoms with E-state index in [2.05, 4.69) is 13.8 Å². The summed E-state index contributed by atoms with van der Waals surface area (Å²) in [4.78, 5) is 33.6. The predicted molar refractivity (Wildman–Crippen MR) is 167 cm³/mol. The van der Waals surface area contributed by atoms with Crippen LogP contribution in [-0.2, 0) is 16.0 Å². The van der Waals surface area contributed by atoms with E-state index in [-0.39, 0.29) is 17.4 Å². The average Bonchev–Trinajstić information content (AvgIpc) is 3.64. The van der Waals surface area contributed by atoms with Crippen molar-refractivity contribution in [1.82, 2.24) is 4.98 Å². The van der Waals surface area contributed by atoms with Gasteiger partial charge in [0, 0.05) is 12.0 Å². The van der Waals surface area contributed by atoms with Crippen LogP contribution in [0.25, 0.3) is 16.0 Å². The zero-order valence-corrected chi connectivity index (χ0v) is 25.4. The second kappa shape index (κ2) is 11.7. The quantitative estimate of drug-likeness (QED) is 0.125. The molecule has 6 rings (SSSR count). The Labute approximate surface area is 254 Å². The van der Waals surface area contributed by atoms with E-state index in [4.69, 9.17) is 19.2 Å². The number of aliphatic hydroxyl groups is 1. The Bertz CT molecular complexity index is 1740. The van der Waals surface area contributed by atoms with Crippen LogP contribution in [-0.4, -0.2) is 41.1 Å². The fourth-order valence-electron chi connectivity index (χ4n) is 5.51. The van der Waals surface area contributed by atoms with Gasteiger partial charge in [0.15, 0.2) is 5.13 Å². The number of hydrogen-bond acceptors (Lipinski definition) is 8. The maximum absolute atomic E-state index is 13.8. The summed E-state index contributed by atoms with van der Waals surface area (Å²) in [6.45, 7) is 9.22. The van der Waals surface area contributed by atoms with Crippen molar-refractivity contribution in [2.75, 3.05) is 18.1 Å². The number of ether oxygens (including phenoxy) is 3. The van der Waals surface area contributed by atoms with Crippen LogP contribution < -0.4 is 19.1 Å². The number of carbonyl (C=O) groups is 2. The van der Waals surface area contributed by atoms with Gasteiger partial charge in [-0.2, -0.15) is 0 Å². The highest BCUT2D eigenvalue weighted by molar-refractivity contribution is 7.22. The predicted octanol–water partition coefficient (Wildman–Crippen LogP) is 7.07. The summed E-state index contributed by atoms with van der Waals surface area (Å²) in [5.74, 6) is 0.807. The summed E-state index contributed by atoms with van der Waals surface area (Å²) in [6, 6.07) is 17.3. The lowest BCUT2D eigenvalue weighted by Gasteiger charge is -2.23. The number of amides is 1. The number of anilines is 1. The highest BCUT2D eigenvalue weighted by Crippen LogP contribution is 2.45. The molecule has 1 amide bonds. The van der Waals surface area contributed by atoms with Gasteiger partial charge in [0.05, 0.1) is 35.0 Å². The first-order chi connectivity index (χ1) is 20.7. The molecule has 1 aromatic heterocycles. The SMILES string of the molecule is CCOc1ccc2nc(N3C(=O)C(=O)C(=C(O)c4ccc5c(c4)CC(C)O5)C3c3cccc(OCCC(C)C)c3)sc2c1. The smallest absolute Gasteiger partial charge is 0.301 e. The molecule has 3 aromatic carbocycles. The normalized spacial score (nSPS) is 19.2. The number of benzene rings is 3. The van der Waals surface area contributed by atoms with Gasteiger partial charge >= 0.3 is 5.91 Å². The fourth-order valence-corrected chi connectivity index (χ4v) is 6.53. The first-order valence-electron chi connectivity index (χ1n) is 14.6. The average molecular weight is 599 g/mol. The van der Waals surface area contributed by atoms with E-state index in [0.717, 1.165) is 22.4 Å². The zero-order valence-electron chi connectivity index (χ0n) is 24.6. The van der Waals surface area contributed by atoms with Crippen molar-refractivity contribution in [1.29, 1.82) is 0 Å². The summed E-state index contributed by atoms with van der Waals surface area (Å²) in [5.41, 5.74) is 2.72. The number of carbonyl (C=O) groups excluding carboxylic acids is 2. The number of ketones is 1. The van der Waals surface area contributed by atoms with Gasteiger partial charge in [-0.15, -0.1) is 0 Å². The molecule has 9 heteroatoms. The molecule has 8 nitrogen and oxygen atoms in total. The van der Waals surface area contributed by atoms with Gasteiger partial charge < -0.3 is 19.3 Å². The van der Waals surface area contributed by atoms with Gasteiger partial charge in [-0.25, -0.2) is 4.98 Å². The second-order valence-electron chi connectivity index (χ2n) is 11.3. The number of rotatable bonds is 9. The summed E-state index contributed by atoms with van der Waals surface area (Å²) >= 11 is 1.30. The highest BCUT2D eigenvalue weighted by Gasteiger charge is 2.48. The molecule has 2 aliphatic rings. The van der Waals surface area contributed by atoms with Crippen molar-refractivity contribution in [3.8, 4) is 17.2 Å². The minimum absolute atomic E-state index is 0.00510. The standard InChI is InChI=1S/C34H34N2O6S/c1-5-40-25-10-11-26-28(18-25)43-34(35-26)36-30(21-7-6-8-24(17-21)41-14-13-19(2)3)29(32(38)33(36)39)31(37)22-9-12-27-23(16-22)15-20(4)42-27/h6-12,16-20,30,37H,5,13-15H2,1-4H3. The third-order valence-corrected chi connectivity index (χ3v) is 8.63. The van der Waals surface area contributed by atoms with Crippen molar-refractivity contribution in [3.63, 3.8) is 0 Å². The third kappa shape index (κ3) is 5.57. The largest absolute Gasteiger partial charge is 0.507 e. The van der Waals surface area contributed by atoms with Crippen molar-refractivity contribution in [3.05, 3.63) is 82.9 Å². The summed E-state index contributed by atoms with van der Waals surface area (Å²) in [5, 5.41) is 12.0. The topological polar surface area (TPSA) is 98.2 Å². The molecule has 3 heterocycles. The highest BCUT2D eigenvalue weighted by atomic mass is 32.1. The molecule has 2 aliphatic heterocycles. The Morgan fingerprint density at radius 1 is 1.09 bits per heavy atom. The van der Waals surface area contributed by atoms with Gasteiger partial charge in [-0.1, -0.05) is 37.3 Å². The molecule has 0 saturated carbocycles. The molecule has 1 N–H and O–H groups in total. The van der Waals surface area contributed by atoms with E-state index in [1.165, 1.54) is 16.2 Å². The minimum Gasteiger partial charge on any atom is -0.507 e. The third-order valence-electron chi connectivity index (χ3n) is 7.62. The molecule has 222 valence electrons. The molecule has 4 aromatic rings. The molecule has 0 radical (unpaired) electrons. The molecule has 1 fully saturated rings. The number of aliphatic hydroxyl groups excluding tert-OH is 1. The van der Waals surface area contributed by atoms with Crippen LogP contribution in [0.15, 0.2) is 66.2 Å². The van der Waals surface area contributed by atoms with Crippen molar-refractivity contribution in [2.45, 2.75) is 52.7 Å². The number of fused-ring (bicyclic) bond motifs is 2. The van der Waals surface area contributed by atoms with Crippen LogP contribution in [0, 0.1) is 5.92 Å². The number of aromatic nitrogens is 1. The van der Waals surface area contributed by atoms with E-state index >= 15 is 0 Å². The van der Waals surface area contributed by atoms with Crippen LogP contribution >= 0.6 is 11.3 Å². The van der Waals surface area contributed by atoms with Gasteiger partial charge in [0.1, 0.15) is 29.1 Å². The van der Waals surface area contributed by atoms with Gasteiger partial charge in [-0.05, 0) is 85.8 Å². The molecule has 1 saturated heterocycles. The molecule has 0 spiro atoms. The Hall–Kier alpha value is -4.37. The van der Waals surface area contributed by atoms with Crippen LogP contribution in [0.3, 0.4) is 0 Å². The lowest BCUT2D eigenvalue weighted by molar-refractivity contribution is -0.132. The molecule has 43 heavy (non-hydrogen) atoms. The Kier molecular flexibility index (Phi) is 7.83. The molecular weight excluding hydrogens is 564 g/mol. The van der Waals surface area contributed by atoms with E-state index in [9.17, 15) is 14.7 Å².